The number of aromatic nitrogens is 1. The number of pyridine rings is 1. The van der Waals surface area contributed by atoms with Crippen LogP contribution in [0.2, 0.25) is 0 Å². The van der Waals surface area contributed by atoms with Gasteiger partial charge in [0.2, 0.25) is 0 Å². The van der Waals surface area contributed by atoms with Crippen LogP contribution in [0.4, 0.5) is 5.82 Å². The molecule has 120 valence electrons. The summed E-state index contributed by atoms with van der Waals surface area (Å²) in [6.07, 6.45) is 1.80. The van der Waals surface area contributed by atoms with Gasteiger partial charge in [-0.1, -0.05) is 36.0 Å². The van der Waals surface area contributed by atoms with Crippen molar-refractivity contribution in [3.05, 3.63) is 75.3 Å². The van der Waals surface area contributed by atoms with Crippen LogP contribution in [0.1, 0.15) is 37.5 Å². The third-order valence-electron chi connectivity index (χ3n) is 3.68. The normalized spacial score (nSPS) is 11.3. The van der Waals surface area contributed by atoms with Crippen LogP contribution < -0.4 is 5.32 Å². The SMILES string of the molecule is CC(C)=C(Nc1ccccn1)S/C=C(\C)c1ccc(C)c(C)c1. The van der Waals surface area contributed by atoms with Crippen LogP contribution in [0, 0.1) is 13.8 Å². The molecule has 0 atom stereocenters. The Bertz CT molecular complexity index is 727. The lowest BCUT2D eigenvalue weighted by Crippen LogP contribution is -1.99. The Morgan fingerprint density at radius 2 is 1.83 bits per heavy atom. The van der Waals surface area contributed by atoms with Gasteiger partial charge < -0.3 is 5.32 Å². The molecule has 0 saturated heterocycles. The Labute approximate surface area is 143 Å². The molecule has 0 spiro atoms. The van der Waals surface area contributed by atoms with E-state index in [1.54, 1.807) is 18.0 Å². The molecule has 0 bridgehead atoms. The molecule has 1 aromatic heterocycles. The first kappa shape index (κ1) is 17.4. The van der Waals surface area contributed by atoms with Crippen molar-refractivity contribution in [2.75, 3.05) is 5.32 Å². The monoisotopic (exact) mass is 324 g/mol. The molecule has 3 heteroatoms. The fourth-order valence-corrected chi connectivity index (χ4v) is 2.86. The van der Waals surface area contributed by atoms with Crippen LogP contribution in [0.25, 0.3) is 5.57 Å². The summed E-state index contributed by atoms with van der Waals surface area (Å²) in [7, 11) is 0. The highest BCUT2D eigenvalue weighted by Crippen LogP contribution is 2.27. The fourth-order valence-electron chi connectivity index (χ4n) is 2.03. The number of rotatable bonds is 5. The predicted octanol–water partition coefficient (Wildman–Crippen LogP) is 6.16. The number of anilines is 1. The highest BCUT2D eigenvalue weighted by Gasteiger charge is 2.03. The van der Waals surface area contributed by atoms with E-state index in [0.717, 1.165) is 10.8 Å². The maximum Gasteiger partial charge on any atom is 0.130 e. The zero-order chi connectivity index (χ0) is 16.8. The molecular weight excluding hydrogens is 300 g/mol. The van der Waals surface area contributed by atoms with Gasteiger partial charge >= 0.3 is 0 Å². The summed E-state index contributed by atoms with van der Waals surface area (Å²) in [6, 6.07) is 12.5. The van der Waals surface area contributed by atoms with Crippen molar-refractivity contribution in [1.82, 2.24) is 4.98 Å². The largest absolute Gasteiger partial charge is 0.335 e. The van der Waals surface area contributed by atoms with Crippen LogP contribution in [-0.4, -0.2) is 4.98 Å². The first-order valence-corrected chi connectivity index (χ1v) is 8.62. The lowest BCUT2D eigenvalue weighted by atomic mass is 10.0. The van der Waals surface area contributed by atoms with E-state index in [2.05, 4.69) is 68.5 Å². The summed E-state index contributed by atoms with van der Waals surface area (Å²) in [5, 5.41) is 6.71. The summed E-state index contributed by atoms with van der Waals surface area (Å²) < 4.78 is 0. The van der Waals surface area contributed by atoms with Gasteiger partial charge in [0.1, 0.15) is 5.82 Å². The van der Waals surface area contributed by atoms with Crippen molar-refractivity contribution in [3.63, 3.8) is 0 Å². The fraction of sp³-hybridized carbons (Fsp3) is 0.250. The first-order valence-electron chi connectivity index (χ1n) is 7.74. The molecule has 1 aromatic carbocycles. The Morgan fingerprint density at radius 1 is 1.04 bits per heavy atom. The first-order chi connectivity index (χ1) is 11.0. The van der Waals surface area contributed by atoms with Crippen molar-refractivity contribution >= 4 is 23.2 Å². The van der Waals surface area contributed by atoms with Gasteiger partial charge in [-0.25, -0.2) is 4.98 Å². The van der Waals surface area contributed by atoms with E-state index >= 15 is 0 Å². The standard InChI is InChI=1S/C20H24N2S/c1-14(2)20(22-19-8-6-7-11-21-19)23-13-17(5)18-10-9-15(3)16(4)12-18/h6-13H,1-5H3,(H,21,22)/b17-13+. The molecule has 0 aliphatic rings. The Balaban J connectivity index is 2.14. The molecule has 1 N–H and O–H groups in total. The Morgan fingerprint density at radius 3 is 2.43 bits per heavy atom. The van der Waals surface area contributed by atoms with Gasteiger partial charge in [0.15, 0.2) is 0 Å². The van der Waals surface area contributed by atoms with Gasteiger partial charge in [-0.3, -0.25) is 0 Å². The van der Waals surface area contributed by atoms with Crippen molar-refractivity contribution in [1.29, 1.82) is 0 Å². The number of hydrogen-bond acceptors (Lipinski definition) is 3. The zero-order valence-corrected chi connectivity index (χ0v) is 15.3. The van der Waals surface area contributed by atoms with Crippen LogP contribution in [0.15, 0.2) is 58.6 Å². The topological polar surface area (TPSA) is 24.9 Å². The molecule has 0 amide bonds. The van der Waals surface area contributed by atoms with Gasteiger partial charge in [0.25, 0.3) is 0 Å². The molecule has 0 fully saturated rings. The summed E-state index contributed by atoms with van der Waals surface area (Å²) >= 11 is 1.70. The lowest BCUT2D eigenvalue weighted by Gasteiger charge is -2.11. The molecule has 0 saturated carbocycles. The minimum atomic E-state index is 0.869. The highest BCUT2D eigenvalue weighted by molar-refractivity contribution is 8.06. The van der Waals surface area contributed by atoms with E-state index in [-0.39, 0.29) is 0 Å². The van der Waals surface area contributed by atoms with Crippen molar-refractivity contribution in [3.8, 4) is 0 Å². The average molecular weight is 324 g/mol. The number of thioether (sulfide) groups is 1. The maximum absolute atomic E-state index is 4.33. The van der Waals surface area contributed by atoms with Crippen molar-refractivity contribution in [2.45, 2.75) is 34.6 Å². The molecule has 1 heterocycles. The van der Waals surface area contributed by atoms with Crippen molar-refractivity contribution in [2.24, 2.45) is 0 Å². The number of nitrogens with one attached hydrogen (secondary N) is 1. The molecule has 0 aliphatic heterocycles. The van der Waals surface area contributed by atoms with Crippen LogP contribution in [-0.2, 0) is 0 Å². The van der Waals surface area contributed by atoms with Crippen LogP contribution in [0.3, 0.4) is 0 Å². The Kier molecular flexibility index (Phi) is 6.05. The van der Waals surface area contributed by atoms with E-state index in [4.69, 9.17) is 0 Å². The number of allylic oxidation sites excluding steroid dienone is 2. The van der Waals surface area contributed by atoms with Gasteiger partial charge in [-0.15, -0.1) is 0 Å². The molecule has 0 unspecified atom stereocenters. The molecule has 2 nitrogen and oxygen atoms in total. The predicted molar refractivity (Wildman–Crippen MR) is 103 cm³/mol. The minimum Gasteiger partial charge on any atom is -0.335 e. The third kappa shape index (κ3) is 5.00. The molecule has 2 rings (SSSR count). The van der Waals surface area contributed by atoms with E-state index in [9.17, 15) is 0 Å². The average Bonchev–Trinajstić information content (AvgIpc) is 2.54. The quantitative estimate of drug-likeness (QED) is 0.713. The van der Waals surface area contributed by atoms with Gasteiger partial charge in [0.05, 0.1) is 5.03 Å². The van der Waals surface area contributed by atoms with Crippen molar-refractivity contribution < 1.29 is 0 Å². The van der Waals surface area contributed by atoms with E-state index in [1.807, 2.05) is 18.2 Å². The summed E-state index contributed by atoms with van der Waals surface area (Å²) in [4.78, 5) is 4.33. The minimum absolute atomic E-state index is 0.869. The van der Waals surface area contributed by atoms with Gasteiger partial charge in [0, 0.05) is 6.20 Å². The van der Waals surface area contributed by atoms with Gasteiger partial charge in [-0.05, 0) is 80.0 Å². The number of nitrogens with zero attached hydrogens (tertiary/aromatic N) is 1. The lowest BCUT2D eigenvalue weighted by molar-refractivity contribution is 1.27. The number of hydrogen-bond donors (Lipinski definition) is 1. The highest BCUT2D eigenvalue weighted by atomic mass is 32.2. The number of benzene rings is 1. The Hall–Kier alpha value is -2.00. The van der Waals surface area contributed by atoms with Crippen LogP contribution >= 0.6 is 11.8 Å². The summed E-state index contributed by atoms with van der Waals surface area (Å²) in [5.41, 5.74) is 6.43. The molecule has 2 aromatic rings. The van der Waals surface area contributed by atoms with E-state index in [0.29, 0.717) is 0 Å². The molecule has 23 heavy (non-hydrogen) atoms. The summed E-state index contributed by atoms with van der Waals surface area (Å²) in [6.45, 7) is 10.7. The molecule has 0 radical (unpaired) electrons. The second-order valence-electron chi connectivity index (χ2n) is 5.89. The second kappa shape index (κ2) is 8.02. The molecular formula is C20H24N2S. The van der Waals surface area contributed by atoms with E-state index in [1.165, 1.54) is 27.8 Å². The smallest absolute Gasteiger partial charge is 0.130 e. The van der Waals surface area contributed by atoms with Crippen LogP contribution in [0.5, 0.6) is 0 Å². The van der Waals surface area contributed by atoms with E-state index < -0.39 is 0 Å². The number of aryl methyl sites for hydroxylation is 2. The second-order valence-corrected chi connectivity index (χ2v) is 6.77. The zero-order valence-electron chi connectivity index (χ0n) is 14.5. The molecule has 0 aliphatic carbocycles. The summed E-state index contributed by atoms with van der Waals surface area (Å²) in [5.74, 6) is 0.869. The van der Waals surface area contributed by atoms with Gasteiger partial charge in [-0.2, -0.15) is 0 Å². The third-order valence-corrected chi connectivity index (χ3v) is 4.89. The maximum atomic E-state index is 4.33.